The Hall–Kier alpha value is -3.43. The fraction of sp³-hybridized carbons (Fsp3) is 0.421. The van der Waals surface area contributed by atoms with Crippen molar-refractivity contribution in [1.29, 1.82) is 0 Å². The number of benzene rings is 1. The number of carbonyl (C=O) groups excluding carboxylic acids is 2. The minimum absolute atomic E-state index is 0.0609. The Kier molecular flexibility index (Phi) is 5.04. The number of nitro benzene ring substituents is 1. The maximum absolute atomic E-state index is 12.5. The molecule has 1 saturated heterocycles. The highest BCUT2D eigenvalue weighted by Gasteiger charge is 2.62. The van der Waals surface area contributed by atoms with Gasteiger partial charge < -0.3 is 19.5 Å². The molecule has 10 heteroatoms. The average Bonchev–Trinajstić information content (AvgIpc) is 2.88. The van der Waals surface area contributed by atoms with Crippen LogP contribution in [0.5, 0.6) is 0 Å². The maximum Gasteiger partial charge on any atom is 0.508 e. The minimum atomic E-state index is -1.18. The summed E-state index contributed by atoms with van der Waals surface area (Å²) in [6.07, 6.45) is -0.254. The van der Waals surface area contributed by atoms with Gasteiger partial charge in [-0.2, -0.15) is 0 Å². The average molecular weight is 404 g/mol. The summed E-state index contributed by atoms with van der Waals surface area (Å²) in [5.74, 6) is -2.27. The molecule has 1 aromatic rings. The first kappa shape index (κ1) is 20.3. The first-order valence-corrected chi connectivity index (χ1v) is 8.89. The lowest BCUT2D eigenvalue weighted by molar-refractivity contribution is -0.384. The summed E-state index contributed by atoms with van der Waals surface area (Å²) in [5, 5.41) is 19.9. The van der Waals surface area contributed by atoms with Crippen LogP contribution < -0.4 is 0 Å². The van der Waals surface area contributed by atoms with Crippen molar-refractivity contribution in [3.63, 3.8) is 0 Å². The molecular weight excluding hydrogens is 384 g/mol. The molecule has 0 spiro atoms. The van der Waals surface area contributed by atoms with E-state index in [-0.39, 0.29) is 18.0 Å². The Morgan fingerprint density at radius 2 is 1.93 bits per heavy atom. The summed E-state index contributed by atoms with van der Waals surface area (Å²) < 4.78 is 10.2. The Morgan fingerprint density at radius 3 is 2.48 bits per heavy atom. The summed E-state index contributed by atoms with van der Waals surface area (Å²) in [5.41, 5.74) is -0.175. The van der Waals surface area contributed by atoms with Gasteiger partial charge in [0.1, 0.15) is 18.4 Å². The summed E-state index contributed by atoms with van der Waals surface area (Å²) in [6.45, 7) is 5.05. The van der Waals surface area contributed by atoms with Gasteiger partial charge in [-0.05, 0) is 30.7 Å². The molecule has 1 amide bonds. The number of hydrogen-bond acceptors (Lipinski definition) is 7. The SMILES string of the molecule is CC(OC(=O)OCc1ccc([N+](=O)[O-])cc1)C1C(=O)N2C(C(=O)O)=CC(C)(C)C12. The van der Waals surface area contributed by atoms with Crippen LogP contribution in [-0.2, 0) is 25.7 Å². The predicted octanol–water partition coefficient (Wildman–Crippen LogP) is 2.47. The van der Waals surface area contributed by atoms with Gasteiger partial charge in [0, 0.05) is 17.5 Å². The molecule has 0 aromatic heterocycles. The molecule has 3 unspecified atom stereocenters. The van der Waals surface area contributed by atoms with Crippen molar-refractivity contribution in [1.82, 2.24) is 4.90 Å². The highest BCUT2D eigenvalue weighted by molar-refractivity contribution is 5.99. The van der Waals surface area contributed by atoms with Gasteiger partial charge in [-0.1, -0.05) is 13.8 Å². The first-order valence-electron chi connectivity index (χ1n) is 8.89. The largest absolute Gasteiger partial charge is 0.508 e. The molecule has 2 heterocycles. The number of carboxylic acid groups (broad SMARTS) is 1. The number of carbonyl (C=O) groups is 3. The second-order valence-corrected chi connectivity index (χ2v) is 7.62. The van der Waals surface area contributed by atoms with Gasteiger partial charge in [-0.15, -0.1) is 0 Å². The van der Waals surface area contributed by atoms with Crippen LogP contribution in [0.15, 0.2) is 36.0 Å². The van der Waals surface area contributed by atoms with E-state index in [1.165, 1.54) is 35.2 Å². The van der Waals surface area contributed by atoms with Crippen LogP contribution in [0.1, 0.15) is 26.3 Å². The molecule has 2 aliphatic heterocycles. The van der Waals surface area contributed by atoms with Gasteiger partial charge in [0.05, 0.1) is 16.9 Å². The first-order chi connectivity index (χ1) is 13.5. The Balaban J connectivity index is 1.57. The van der Waals surface area contributed by atoms with Crippen LogP contribution in [0.25, 0.3) is 0 Å². The molecule has 0 radical (unpaired) electrons. The van der Waals surface area contributed by atoms with E-state index in [2.05, 4.69) is 0 Å². The number of non-ortho nitro benzene ring substituents is 1. The maximum atomic E-state index is 12.5. The highest BCUT2D eigenvalue weighted by Crippen LogP contribution is 2.50. The van der Waals surface area contributed by atoms with E-state index < -0.39 is 46.4 Å². The third kappa shape index (κ3) is 3.65. The summed E-state index contributed by atoms with van der Waals surface area (Å²) >= 11 is 0. The number of ether oxygens (including phenoxy) is 2. The Bertz CT molecular complexity index is 905. The molecule has 1 N–H and O–H groups in total. The normalized spacial score (nSPS) is 22.8. The third-order valence-electron chi connectivity index (χ3n) is 5.18. The van der Waals surface area contributed by atoms with Crippen molar-refractivity contribution in [3.05, 3.63) is 51.7 Å². The van der Waals surface area contributed by atoms with Crippen LogP contribution in [-0.4, -0.2) is 45.1 Å². The van der Waals surface area contributed by atoms with Crippen molar-refractivity contribution in [2.24, 2.45) is 11.3 Å². The number of carboxylic acids is 1. The van der Waals surface area contributed by atoms with Gasteiger partial charge in [-0.25, -0.2) is 9.59 Å². The molecule has 154 valence electrons. The molecule has 2 aliphatic rings. The Morgan fingerprint density at radius 1 is 1.31 bits per heavy atom. The van der Waals surface area contributed by atoms with E-state index in [9.17, 15) is 29.6 Å². The topological polar surface area (TPSA) is 136 Å². The lowest BCUT2D eigenvalue weighted by atomic mass is 9.71. The van der Waals surface area contributed by atoms with Gasteiger partial charge in [-0.3, -0.25) is 14.9 Å². The number of fused-ring (bicyclic) bond motifs is 1. The van der Waals surface area contributed by atoms with Crippen LogP contribution >= 0.6 is 0 Å². The fourth-order valence-corrected chi connectivity index (χ4v) is 3.82. The standard InChI is InChI=1S/C19H20N2O8/c1-10(14-15-19(2,3)8-13(17(23)24)20(15)16(14)22)29-18(25)28-9-11-4-6-12(7-5-11)21(26)27/h4-8,10,14-15H,9H2,1-3H3,(H,23,24). The molecule has 1 aromatic carbocycles. The number of nitro groups is 1. The van der Waals surface area contributed by atoms with Crippen LogP contribution in [0.4, 0.5) is 10.5 Å². The summed E-state index contributed by atoms with van der Waals surface area (Å²) in [4.78, 5) is 47.2. The molecular formula is C19H20N2O8. The zero-order chi connectivity index (χ0) is 21.5. The minimum Gasteiger partial charge on any atom is -0.477 e. The van der Waals surface area contributed by atoms with E-state index in [4.69, 9.17) is 9.47 Å². The number of aliphatic carboxylic acids is 1. The van der Waals surface area contributed by atoms with Crippen molar-refractivity contribution < 1.29 is 33.9 Å². The third-order valence-corrected chi connectivity index (χ3v) is 5.18. The van der Waals surface area contributed by atoms with Crippen LogP contribution in [0.2, 0.25) is 0 Å². The molecule has 3 rings (SSSR count). The van der Waals surface area contributed by atoms with Gasteiger partial charge in [0.2, 0.25) is 5.91 Å². The molecule has 29 heavy (non-hydrogen) atoms. The van der Waals surface area contributed by atoms with Gasteiger partial charge in [0.15, 0.2) is 0 Å². The van der Waals surface area contributed by atoms with Crippen LogP contribution in [0, 0.1) is 21.4 Å². The molecule has 0 bridgehead atoms. The van der Waals surface area contributed by atoms with E-state index in [0.29, 0.717) is 5.56 Å². The van der Waals surface area contributed by atoms with E-state index in [1.54, 1.807) is 6.92 Å². The number of rotatable bonds is 6. The van der Waals surface area contributed by atoms with E-state index in [0.717, 1.165) is 0 Å². The molecule has 10 nitrogen and oxygen atoms in total. The lowest BCUT2D eigenvalue weighted by Crippen LogP contribution is -2.66. The predicted molar refractivity (Wildman–Crippen MR) is 97.5 cm³/mol. The summed E-state index contributed by atoms with van der Waals surface area (Å²) in [6, 6.07) is 5.09. The smallest absolute Gasteiger partial charge is 0.477 e. The fourth-order valence-electron chi connectivity index (χ4n) is 3.82. The van der Waals surface area contributed by atoms with Crippen molar-refractivity contribution in [3.8, 4) is 0 Å². The molecule has 1 fully saturated rings. The van der Waals surface area contributed by atoms with Crippen molar-refractivity contribution >= 4 is 23.7 Å². The van der Waals surface area contributed by atoms with Crippen molar-refractivity contribution in [2.75, 3.05) is 0 Å². The monoisotopic (exact) mass is 404 g/mol. The second kappa shape index (κ2) is 7.19. The van der Waals surface area contributed by atoms with E-state index >= 15 is 0 Å². The van der Waals surface area contributed by atoms with Crippen molar-refractivity contribution in [2.45, 2.75) is 39.5 Å². The van der Waals surface area contributed by atoms with Gasteiger partial charge in [0.25, 0.3) is 5.69 Å². The second-order valence-electron chi connectivity index (χ2n) is 7.62. The zero-order valence-corrected chi connectivity index (χ0v) is 16.0. The van der Waals surface area contributed by atoms with Crippen LogP contribution in [0.3, 0.4) is 0 Å². The molecule has 3 atom stereocenters. The van der Waals surface area contributed by atoms with Gasteiger partial charge >= 0.3 is 12.1 Å². The Labute approximate surface area is 165 Å². The van der Waals surface area contributed by atoms with E-state index in [1.807, 2.05) is 13.8 Å². The highest BCUT2D eigenvalue weighted by atomic mass is 16.7. The lowest BCUT2D eigenvalue weighted by Gasteiger charge is -2.49. The molecule has 0 aliphatic carbocycles. The number of amides is 1. The number of hydrogen-bond donors (Lipinski definition) is 1. The summed E-state index contributed by atoms with van der Waals surface area (Å²) in [7, 11) is 0. The zero-order valence-electron chi connectivity index (χ0n) is 16.0. The molecule has 0 saturated carbocycles. The number of nitrogens with zero attached hydrogens (tertiary/aromatic N) is 2. The quantitative estimate of drug-likeness (QED) is 0.330. The number of β-lactam (4-membered cyclic amide) rings is 1.